The summed E-state index contributed by atoms with van der Waals surface area (Å²) in [7, 11) is 0. The normalized spacial score (nSPS) is 10.6. The maximum absolute atomic E-state index is 5.80. The second-order valence-electron chi connectivity index (χ2n) is 3.40. The molecule has 0 saturated heterocycles. The van der Waals surface area contributed by atoms with E-state index in [0.717, 1.165) is 0 Å². The molecular weight excluding hydrogens is 272 g/mol. The van der Waals surface area contributed by atoms with Crippen molar-refractivity contribution in [2.75, 3.05) is 0 Å². The van der Waals surface area contributed by atoms with Crippen molar-refractivity contribution in [3.63, 3.8) is 0 Å². The first-order valence-electron chi connectivity index (χ1n) is 5.23. The minimum Gasteiger partial charge on any atom is -0.466 e. The van der Waals surface area contributed by atoms with E-state index in [1.54, 1.807) is 18.4 Å². The van der Waals surface area contributed by atoms with E-state index >= 15 is 0 Å². The Kier molecular flexibility index (Phi) is 3.07. The minimum atomic E-state index is 0.00921. The summed E-state index contributed by atoms with van der Waals surface area (Å²) in [5, 5.41) is 3.91. The van der Waals surface area contributed by atoms with Crippen molar-refractivity contribution in [2.24, 2.45) is 0 Å². The van der Waals surface area contributed by atoms with Crippen molar-refractivity contribution in [3.8, 4) is 12.0 Å². The van der Waals surface area contributed by atoms with E-state index in [1.807, 2.05) is 0 Å². The van der Waals surface area contributed by atoms with Crippen LogP contribution >= 0.6 is 11.6 Å². The summed E-state index contributed by atoms with van der Waals surface area (Å²) >= 11 is 5.80. The van der Waals surface area contributed by atoms with Crippen molar-refractivity contribution < 1.29 is 9.15 Å². The third-order valence-electron chi connectivity index (χ3n) is 2.12. The summed E-state index contributed by atoms with van der Waals surface area (Å²) in [6.07, 6.45) is 4.36. The third-order valence-corrected chi connectivity index (χ3v) is 2.29. The van der Waals surface area contributed by atoms with Crippen LogP contribution in [0.1, 0.15) is 5.76 Å². The first-order chi connectivity index (χ1) is 9.31. The second-order valence-corrected chi connectivity index (χ2v) is 3.73. The fourth-order valence-electron chi connectivity index (χ4n) is 1.33. The molecule has 8 nitrogen and oxygen atoms in total. The van der Waals surface area contributed by atoms with Crippen LogP contribution in [0.5, 0.6) is 6.01 Å². The predicted molar refractivity (Wildman–Crippen MR) is 62.8 cm³/mol. The highest BCUT2D eigenvalue weighted by Gasteiger charge is 2.09. The molecule has 0 spiro atoms. The molecule has 96 valence electrons. The van der Waals surface area contributed by atoms with Gasteiger partial charge in [-0.05, 0) is 23.7 Å². The van der Waals surface area contributed by atoms with Crippen molar-refractivity contribution in [1.29, 1.82) is 0 Å². The van der Waals surface area contributed by atoms with Crippen LogP contribution in [0.4, 0.5) is 0 Å². The fourth-order valence-corrected chi connectivity index (χ4v) is 1.48. The largest absolute Gasteiger partial charge is 0.466 e. The molecule has 0 aliphatic heterocycles. The Labute approximate surface area is 112 Å². The molecule has 0 radical (unpaired) electrons. The number of furan rings is 1. The highest BCUT2D eigenvalue weighted by molar-refractivity contribution is 6.28. The molecule has 3 aromatic heterocycles. The van der Waals surface area contributed by atoms with Crippen LogP contribution in [0.25, 0.3) is 5.95 Å². The third kappa shape index (κ3) is 2.68. The van der Waals surface area contributed by atoms with E-state index in [2.05, 4.69) is 25.0 Å². The maximum Gasteiger partial charge on any atom is 0.323 e. The molecule has 0 fully saturated rings. The van der Waals surface area contributed by atoms with Gasteiger partial charge in [-0.3, -0.25) is 0 Å². The van der Waals surface area contributed by atoms with E-state index in [1.165, 1.54) is 17.3 Å². The van der Waals surface area contributed by atoms with E-state index in [0.29, 0.717) is 5.76 Å². The lowest BCUT2D eigenvalue weighted by Crippen LogP contribution is -2.06. The van der Waals surface area contributed by atoms with Gasteiger partial charge in [0, 0.05) is 0 Å². The van der Waals surface area contributed by atoms with Crippen molar-refractivity contribution >= 4 is 11.6 Å². The van der Waals surface area contributed by atoms with E-state index in [-0.39, 0.29) is 23.8 Å². The molecule has 0 saturated carbocycles. The summed E-state index contributed by atoms with van der Waals surface area (Å²) in [5.74, 6) is 0.880. The zero-order chi connectivity index (χ0) is 13.1. The molecule has 0 aromatic carbocycles. The molecule has 3 rings (SSSR count). The molecule has 0 N–H and O–H groups in total. The summed E-state index contributed by atoms with van der Waals surface area (Å²) in [6.45, 7) is 0.199. The van der Waals surface area contributed by atoms with Crippen molar-refractivity contribution in [1.82, 2.24) is 29.7 Å². The van der Waals surface area contributed by atoms with E-state index < -0.39 is 0 Å². The zero-order valence-corrected chi connectivity index (χ0v) is 10.2. The number of halogens is 1. The molecule has 3 aromatic rings. The van der Waals surface area contributed by atoms with Gasteiger partial charge in [0.1, 0.15) is 25.0 Å². The number of hydrogen-bond acceptors (Lipinski definition) is 7. The van der Waals surface area contributed by atoms with Crippen LogP contribution in [0.3, 0.4) is 0 Å². The average molecular weight is 279 g/mol. The molecule has 0 unspecified atom stereocenters. The number of nitrogens with zero attached hydrogens (tertiary/aromatic N) is 6. The van der Waals surface area contributed by atoms with Crippen LogP contribution in [0.2, 0.25) is 5.28 Å². The lowest BCUT2D eigenvalue weighted by Gasteiger charge is -2.04. The van der Waals surface area contributed by atoms with Crippen LogP contribution in [0.15, 0.2) is 35.5 Å². The first-order valence-corrected chi connectivity index (χ1v) is 5.61. The molecule has 0 bridgehead atoms. The van der Waals surface area contributed by atoms with Gasteiger partial charge in [0.05, 0.1) is 6.26 Å². The number of rotatable bonds is 4. The van der Waals surface area contributed by atoms with Gasteiger partial charge in [0.2, 0.25) is 5.28 Å². The zero-order valence-electron chi connectivity index (χ0n) is 9.47. The molecule has 9 heteroatoms. The van der Waals surface area contributed by atoms with Crippen LogP contribution in [0, 0.1) is 0 Å². The van der Waals surface area contributed by atoms with Gasteiger partial charge in [-0.25, -0.2) is 4.98 Å². The van der Waals surface area contributed by atoms with E-state index in [9.17, 15) is 0 Å². The van der Waals surface area contributed by atoms with Gasteiger partial charge >= 0.3 is 6.01 Å². The topological polar surface area (TPSA) is 91.8 Å². The van der Waals surface area contributed by atoms with Crippen LogP contribution in [-0.2, 0) is 6.61 Å². The summed E-state index contributed by atoms with van der Waals surface area (Å²) < 4.78 is 11.9. The summed E-state index contributed by atoms with van der Waals surface area (Å²) in [6, 6.07) is 3.63. The quantitative estimate of drug-likeness (QED) is 0.709. The van der Waals surface area contributed by atoms with Gasteiger partial charge in [-0.2, -0.15) is 24.7 Å². The SMILES string of the molecule is Clc1nc(OCc2ccco2)nc(-n2cncn2)n1. The summed E-state index contributed by atoms with van der Waals surface area (Å²) in [4.78, 5) is 15.6. The molecular formula is C10H7ClN6O2. The molecule has 0 aliphatic carbocycles. The molecule has 0 amide bonds. The van der Waals surface area contributed by atoms with Gasteiger partial charge < -0.3 is 9.15 Å². The number of ether oxygens (including phenoxy) is 1. The molecule has 0 aliphatic rings. The Bertz CT molecular complexity index is 655. The summed E-state index contributed by atoms with van der Waals surface area (Å²) in [5.41, 5.74) is 0. The standard InChI is InChI=1S/C10H7ClN6O2/c11-8-14-9(17-6-12-5-13-17)16-10(15-8)19-4-7-2-1-3-18-7/h1-3,5-6H,4H2. The van der Waals surface area contributed by atoms with E-state index in [4.69, 9.17) is 20.8 Å². The Hall–Kier alpha value is -2.48. The fraction of sp³-hybridized carbons (Fsp3) is 0.100. The minimum absolute atomic E-state index is 0.00921. The lowest BCUT2D eigenvalue weighted by molar-refractivity contribution is 0.249. The molecule has 19 heavy (non-hydrogen) atoms. The Balaban J connectivity index is 1.82. The lowest BCUT2D eigenvalue weighted by atomic mass is 10.5. The smallest absolute Gasteiger partial charge is 0.323 e. The van der Waals surface area contributed by atoms with Crippen LogP contribution in [-0.4, -0.2) is 29.7 Å². The van der Waals surface area contributed by atoms with Crippen molar-refractivity contribution in [3.05, 3.63) is 42.1 Å². The number of aromatic nitrogens is 6. The second kappa shape index (κ2) is 5.02. The molecule has 0 atom stereocenters. The highest BCUT2D eigenvalue weighted by Crippen LogP contribution is 2.12. The van der Waals surface area contributed by atoms with Gasteiger partial charge in [0.15, 0.2) is 0 Å². The van der Waals surface area contributed by atoms with Crippen molar-refractivity contribution in [2.45, 2.75) is 6.61 Å². The highest BCUT2D eigenvalue weighted by atomic mass is 35.5. The molecule has 3 heterocycles. The average Bonchev–Trinajstić information content (AvgIpc) is 3.09. The van der Waals surface area contributed by atoms with Gasteiger partial charge in [0.25, 0.3) is 5.95 Å². The first kappa shape index (κ1) is 11.6. The van der Waals surface area contributed by atoms with Gasteiger partial charge in [-0.1, -0.05) is 0 Å². The van der Waals surface area contributed by atoms with Crippen LogP contribution < -0.4 is 4.74 Å². The Morgan fingerprint density at radius 3 is 3.00 bits per heavy atom. The monoisotopic (exact) mass is 278 g/mol. The van der Waals surface area contributed by atoms with Gasteiger partial charge in [-0.15, -0.1) is 0 Å². The Morgan fingerprint density at radius 2 is 2.26 bits per heavy atom. The Morgan fingerprint density at radius 1 is 1.32 bits per heavy atom. The number of hydrogen-bond donors (Lipinski definition) is 0. The predicted octanol–water partition coefficient (Wildman–Crippen LogP) is 1.28. The maximum atomic E-state index is 5.80.